The summed E-state index contributed by atoms with van der Waals surface area (Å²) >= 11 is 0. The van der Waals surface area contributed by atoms with Gasteiger partial charge in [-0.2, -0.15) is 5.10 Å². The quantitative estimate of drug-likeness (QED) is 0.545. The Labute approximate surface area is 112 Å². The zero-order valence-corrected chi connectivity index (χ0v) is 12.0. The van der Waals surface area contributed by atoms with E-state index < -0.39 is 0 Å². The molecule has 0 amide bonds. The van der Waals surface area contributed by atoms with Gasteiger partial charge in [-0.15, -0.1) is 0 Å². The molecule has 1 heterocycles. The van der Waals surface area contributed by atoms with Crippen LogP contribution in [0.15, 0.2) is 12.4 Å². The van der Waals surface area contributed by atoms with Crippen molar-refractivity contribution in [2.45, 2.75) is 71.8 Å². The van der Waals surface area contributed by atoms with Crippen LogP contribution in [0, 0.1) is 0 Å². The molecule has 0 spiro atoms. The van der Waals surface area contributed by atoms with Crippen LogP contribution in [0.1, 0.15) is 65.2 Å². The van der Waals surface area contributed by atoms with Crippen molar-refractivity contribution in [2.24, 2.45) is 0 Å². The molecule has 104 valence electrons. The molecule has 1 rings (SSSR count). The molecule has 0 aliphatic carbocycles. The molecule has 1 aromatic rings. The van der Waals surface area contributed by atoms with E-state index in [1.54, 1.807) is 6.20 Å². The third kappa shape index (κ3) is 6.67. The highest BCUT2D eigenvalue weighted by Crippen LogP contribution is 2.11. The Kier molecular flexibility index (Phi) is 8.36. The largest absolute Gasteiger partial charge is 0.490 e. The molecule has 0 saturated heterocycles. The van der Waals surface area contributed by atoms with E-state index in [4.69, 9.17) is 4.74 Å². The Balaban J connectivity index is 1.89. The van der Waals surface area contributed by atoms with Crippen LogP contribution in [-0.4, -0.2) is 16.4 Å². The maximum absolute atomic E-state index is 5.65. The minimum Gasteiger partial charge on any atom is -0.490 e. The number of unbranched alkanes of at least 4 members (excludes halogenated alkanes) is 7. The van der Waals surface area contributed by atoms with Gasteiger partial charge >= 0.3 is 0 Å². The van der Waals surface area contributed by atoms with Crippen molar-refractivity contribution < 1.29 is 4.74 Å². The van der Waals surface area contributed by atoms with Gasteiger partial charge in [0, 0.05) is 6.54 Å². The van der Waals surface area contributed by atoms with Crippen LogP contribution in [0.3, 0.4) is 0 Å². The van der Waals surface area contributed by atoms with Crippen LogP contribution < -0.4 is 4.74 Å². The van der Waals surface area contributed by atoms with Gasteiger partial charge in [-0.05, 0) is 13.3 Å². The Morgan fingerprint density at radius 1 is 1.00 bits per heavy atom. The van der Waals surface area contributed by atoms with Crippen LogP contribution in [-0.2, 0) is 6.54 Å². The standard InChI is InChI=1S/C15H28N2O/c1-3-5-6-7-8-9-10-11-12-18-15-13-16-17(4-2)14-15/h13-14H,3-12H2,1-2H3. The number of hydrogen-bond donors (Lipinski definition) is 0. The zero-order valence-electron chi connectivity index (χ0n) is 12.0. The predicted molar refractivity (Wildman–Crippen MR) is 76.0 cm³/mol. The molecular weight excluding hydrogens is 224 g/mol. The van der Waals surface area contributed by atoms with Crippen LogP contribution >= 0.6 is 0 Å². The van der Waals surface area contributed by atoms with Gasteiger partial charge < -0.3 is 4.74 Å². The van der Waals surface area contributed by atoms with E-state index in [1.807, 2.05) is 10.9 Å². The fourth-order valence-corrected chi connectivity index (χ4v) is 2.02. The van der Waals surface area contributed by atoms with E-state index in [0.717, 1.165) is 25.3 Å². The van der Waals surface area contributed by atoms with Gasteiger partial charge in [-0.1, -0.05) is 51.9 Å². The molecule has 3 heteroatoms. The summed E-state index contributed by atoms with van der Waals surface area (Å²) in [6.07, 6.45) is 14.5. The summed E-state index contributed by atoms with van der Waals surface area (Å²) in [5, 5.41) is 4.18. The Bertz CT molecular complexity index is 296. The topological polar surface area (TPSA) is 27.1 Å². The first-order chi connectivity index (χ1) is 8.86. The molecule has 0 unspecified atom stereocenters. The second-order valence-electron chi connectivity index (χ2n) is 4.86. The molecule has 0 atom stereocenters. The summed E-state index contributed by atoms with van der Waals surface area (Å²) in [4.78, 5) is 0. The molecule has 0 fully saturated rings. The van der Waals surface area contributed by atoms with E-state index in [-0.39, 0.29) is 0 Å². The maximum Gasteiger partial charge on any atom is 0.157 e. The lowest BCUT2D eigenvalue weighted by Crippen LogP contribution is -1.97. The molecule has 0 aliphatic heterocycles. The summed E-state index contributed by atoms with van der Waals surface area (Å²) in [6.45, 7) is 6.07. The van der Waals surface area contributed by atoms with Crippen molar-refractivity contribution >= 4 is 0 Å². The van der Waals surface area contributed by atoms with Crippen LogP contribution in [0.2, 0.25) is 0 Å². The summed E-state index contributed by atoms with van der Waals surface area (Å²) in [7, 11) is 0. The van der Waals surface area contributed by atoms with E-state index in [0.29, 0.717) is 0 Å². The first-order valence-corrected chi connectivity index (χ1v) is 7.52. The van der Waals surface area contributed by atoms with Crippen molar-refractivity contribution in [2.75, 3.05) is 6.61 Å². The van der Waals surface area contributed by atoms with Crippen molar-refractivity contribution in [1.29, 1.82) is 0 Å². The highest BCUT2D eigenvalue weighted by atomic mass is 16.5. The molecule has 0 aliphatic rings. The highest BCUT2D eigenvalue weighted by Gasteiger charge is 1.97. The van der Waals surface area contributed by atoms with E-state index in [2.05, 4.69) is 18.9 Å². The third-order valence-electron chi connectivity index (χ3n) is 3.20. The summed E-state index contributed by atoms with van der Waals surface area (Å²) in [5.74, 6) is 0.903. The van der Waals surface area contributed by atoms with E-state index in [9.17, 15) is 0 Å². The van der Waals surface area contributed by atoms with Crippen molar-refractivity contribution in [1.82, 2.24) is 9.78 Å². The van der Waals surface area contributed by atoms with Crippen LogP contribution in [0.4, 0.5) is 0 Å². The SMILES string of the molecule is CCCCCCCCCCOc1cnn(CC)c1. The van der Waals surface area contributed by atoms with Crippen molar-refractivity contribution in [3.63, 3.8) is 0 Å². The minimum atomic E-state index is 0.824. The number of aryl methyl sites for hydroxylation is 1. The van der Waals surface area contributed by atoms with Crippen LogP contribution in [0.25, 0.3) is 0 Å². The molecule has 18 heavy (non-hydrogen) atoms. The average Bonchev–Trinajstić information content (AvgIpc) is 2.85. The van der Waals surface area contributed by atoms with Gasteiger partial charge in [0.2, 0.25) is 0 Å². The van der Waals surface area contributed by atoms with E-state index in [1.165, 1.54) is 44.9 Å². The van der Waals surface area contributed by atoms with Gasteiger partial charge in [0.25, 0.3) is 0 Å². The lowest BCUT2D eigenvalue weighted by molar-refractivity contribution is 0.304. The molecule has 0 radical (unpaired) electrons. The summed E-state index contributed by atoms with van der Waals surface area (Å²) in [5.41, 5.74) is 0. The lowest BCUT2D eigenvalue weighted by atomic mass is 10.1. The first kappa shape index (κ1) is 15.1. The number of hydrogen-bond acceptors (Lipinski definition) is 2. The number of aromatic nitrogens is 2. The first-order valence-electron chi connectivity index (χ1n) is 7.52. The highest BCUT2D eigenvalue weighted by molar-refractivity contribution is 5.11. The Morgan fingerprint density at radius 2 is 1.67 bits per heavy atom. The Morgan fingerprint density at radius 3 is 2.28 bits per heavy atom. The zero-order chi connectivity index (χ0) is 13.1. The van der Waals surface area contributed by atoms with Gasteiger partial charge in [-0.25, -0.2) is 0 Å². The molecule has 0 N–H and O–H groups in total. The number of ether oxygens (including phenoxy) is 1. The predicted octanol–water partition coefficient (Wildman–Crippen LogP) is 4.42. The van der Waals surface area contributed by atoms with Gasteiger partial charge in [0.15, 0.2) is 5.75 Å². The number of nitrogens with zero attached hydrogens (tertiary/aromatic N) is 2. The van der Waals surface area contributed by atoms with Crippen LogP contribution in [0.5, 0.6) is 5.75 Å². The fourth-order valence-electron chi connectivity index (χ4n) is 2.02. The monoisotopic (exact) mass is 252 g/mol. The smallest absolute Gasteiger partial charge is 0.157 e. The van der Waals surface area contributed by atoms with E-state index >= 15 is 0 Å². The van der Waals surface area contributed by atoms with Gasteiger partial charge in [-0.3, -0.25) is 4.68 Å². The lowest BCUT2D eigenvalue weighted by Gasteiger charge is -2.03. The maximum atomic E-state index is 5.65. The van der Waals surface area contributed by atoms with Crippen molar-refractivity contribution in [3.05, 3.63) is 12.4 Å². The second-order valence-corrected chi connectivity index (χ2v) is 4.86. The molecule has 1 aromatic heterocycles. The normalized spacial score (nSPS) is 10.8. The summed E-state index contributed by atoms with van der Waals surface area (Å²) < 4.78 is 7.54. The van der Waals surface area contributed by atoms with Gasteiger partial charge in [0.05, 0.1) is 19.0 Å². The summed E-state index contributed by atoms with van der Waals surface area (Å²) in [6, 6.07) is 0. The average molecular weight is 252 g/mol. The molecule has 0 saturated carbocycles. The molecule has 0 bridgehead atoms. The molecule has 0 aromatic carbocycles. The van der Waals surface area contributed by atoms with Crippen molar-refractivity contribution in [3.8, 4) is 5.75 Å². The second kappa shape index (κ2) is 9.98. The minimum absolute atomic E-state index is 0.824. The molecular formula is C15H28N2O. The third-order valence-corrected chi connectivity index (χ3v) is 3.20. The van der Waals surface area contributed by atoms with Gasteiger partial charge in [0.1, 0.15) is 0 Å². The molecule has 3 nitrogen and oxygen atoms in total. The Hall–Kier alpha value is -0.990. The number of rotatable bonds is 11. The fraction of sp³-hybridized carbons (Fsp3) is 0.800.